The van der Waals surface area contributed by atoms with Crippen molar-refractivity contribution in [2.24, 2.45) is 11.8 Å². The molecular formula is C21H40O4. The Kier molecular flexibility index (Phi) is 15.7. The Bertz CT molecular complexity index is 339. The number of unbranched alkanes of at least 4 members (excludes halogenated alkanes) is 9. The highest BCUT2D eigenvalue weighted by molar-refractivity contribution is 5.93. The summed E-state index contributed by atoms with van der Waals surface area (Å²) in [6.07, 6.45) is 14.3. The van der Waals surface area contributed by atoms with Crippen molar-refractivity contribution in [3.8, 4) is 0 Å². The first kappa shape index (κ1) is 23.9. The minimum absolute atomic E-state index is 0.351. The van der Waals surface area contributed by atoms with Crippen molar-refractivity contribution in [1.82, 2.24) is 0 Å². The van der Waals surface area contributed by atoms with Gasteiger partial charge < -0.3 is 9.84 Å². The number of rotatable bonds is 17. The molecule has 0 aliphatic rings. The molecule has 1 N–H and O–H groups in total. The normalized spacial score (nSPS) is 12.3. The molecule has 0 radical (unpaired) electrons. The monoisotopic (exact) mass is 356 g/mol. The number of hydrogen-bond donors (Lipinski definition) is 1. The fourth-order valence-electron chi connectivity index (χ4n) is 2.92. The molecule has 1 unspecified atom stereocenters. The Hall–Kier alpha value is -1.06. The van der Waals surface area contributed by atoms with Crippen LogP contribution >= 0.6 is 0 Å². The maximum atomic E-state index is 11.8. The zero-order valence-electron chi connectivity index (χ0n) is 16.7. The van der Waals surface area contributed by atoms with Crippen molar-refractivity contribution in [2.75, 3.05) is 6.61 Å². The lowest BCUT2D eigenvalue weighted by molar-refractivity contribution is -0.159. The van der Waals surface area contributed by atoms with Gasteiger partial charge in [-0.1, -0.05) is 91.4 Å². The van der Waals surface area contributed by atoms with Gasteiger partial charge in [-0.2, -0.15) is 0 Å². The molecule has 0 aliphatic carbocycles. The first-order valence-corrected chi connectivity index (χ1v) is 10.4. The predicted octanol–water partition coefficient (Wildman–Crippen LogP) is 5.98. The second-order valence-corrected chi connectivity index (χ2v) is 7.57. The topological polar surface area (TPSA) is 63.6 Å². The van der Waals surface area contributed by atoms with Crippen LogP contribution in [0.4, 0.5) is 0 Å². The van der Waals surface area contributed by atoms with E-state index in [2.05, 4.69) is 13.8 Å². The van der Waals surface area contributed by atoms with Crippen LogP contribution in [0.15, 0.2) is 0 Å². The quantitative estimate of drug-likeness (QED) is 0.198. The standard InChI is InChI=1S/C21H40O4/c1-4-5-16-19(20(22)23)21(24)25-17-14-12-10-8-6-7-9-11-13-15-18(2)3/h18-19H,4-17H2,1-3H3,(H,22,23). The third-order valence-corrected chi connectivity index (χ3v) is 4.60. The molecule has 0 bridgehead atoms. The van der Waals surface area contributed by atoms with Gasteiger partial charge in [-0.15, -0.1) is 0 Å². The molecule has 148 valence electrons. The Balaban J connectivity index is 3.47. The number of carboxylic acid groups (broad SMARTS) is 1. The largest absolute Gasteiger partial charge is 0.481 e. The van der Waals surface area contributed by atoms with Crippen LogP contribution in [0.1, 0.15) is 104 Å². The molecule has 0 amide bonds. The van der Waals surface area contributed by atoms with Crippen LogP contribution in [0.2, 0.25) is 0 Å². The van der Waals surface area contributed by atoms with Crippen LogP contribution in [0.3, 0.4) is 0 Å². The van der Waals surface area contributed by atoms with Gasteiger partial charge in [0.05, 0.1) is 6.61 Å². The highest BCUT2D eigenvalue weighted by atomic mass is 16.5. The first-order chi connectivity index (χ1) is 12.0. The molecule has 0 saturated carbocycles. The molecule has 0 aliphatic heterocycles. The zero-order valence-corrected chi connectivity index (χ0v) is 16.7. The van der Waals surface area contributed by atoms with Crippen LogP contribution < -0.4 is 0 Å². The number of esters is 1. The van der Waals surface area contributed by atoms with E-state index in [1.54, 1.807) is 0 Å². The van der Waals surface area contributed by atoms with Gasteiger partial charge in [-0.25, -0.2) is 0 Å². The van der Waals surface area contributed by atoms with Crippen molar-refractivity contribution in [1.29, 1.82) is 0 Å². The molecule has 0 spiro atoms. The van der Waals surface area contributed by atoms with Crippen LogP contribution in [0, 0.1) is 11.8 Å². The minimum atomic E-state index is -1.06. The summed E-state index contributed by atoms with van der Waals surface area (Å²) in [5.74, 6) is -1.80. The number of aliphatic carboxylic acids is 1. The molecule has 0 saturated heterocycles. The van der Waals surface area contributed by atoms with Crippen LogP contribution in [0.5, 0.6) is 0 Å². The number of carbonyl (C=O) groups is 2. The summed E-state index contributed by atoms with van der Waals surface area (Å²) in [4.78, 5) is 22.9. The van der Waals surface area contributed by atoms with Crippen LogP contribution in [-0.2, 0) is 14.3 Å². The summed E-state index contributed by atoms with van der Waals surface area (Å²) in [7, 11) is 0. The van der Waals surface area contributed by atoms with E-state index in [1.807, 2.05) is 6.92 Å². The van der Waals surface area contributed by atoms with E-state index in [0.717, 1.165) is 31.6 Å². The van der Waals surface area contributed by atoms with Gasteiger partial charge in [0, 0.05) is 0 Å². The van der Waals surface area contributed by atoms with Crippen molar-refractivity contribution in [3.05, 3.63) is 0 Å². The van der Waals surface area contributed by atoms with E-state index in [0.29, 0.717) is 13.0 Å². The van der Waals surface area contributed by atoms with E-state index >= 15 is 0 Å². The van der Waals surface area contributed by atoms with E-state index in [-0.39, 0.29) is 0 Å². The first-order valence-electron chi connectivity index (χ1n) is 10.4. The van der Waals surface area contributed by atoms with Crippen LogP contribution in [-0.4, -0.2) is 23.7 Å². The van der Waals surface area contributed by atoms with Gasteiger partial charge in [-0.3, -0.25) is 9.59 Å². The zero-order chi connectivity index (χ0) is 18.9. The third-order valence-electron chi connectivity index (χ3n) is 4.60. The lowest BCUT2D eigenvalue weighted by Crippen LogP contribution is -2.26. The number of hydrogen-bond acceptors (Lipinski definition) is 3. The maximum Gasteiger partial charge on any atom is 0.320 e. The summed E-state index contributed by atoms with van der Waals surface area (Å²) in [5, 5.41) is 9.07. The number of carbonyl (C=O) groups excluding carboxylic acids is 1. The molecular weight excluding hydrogens is 316 g/mol. The number of carboxylic acids is 1. The van der Waals surface area contributed by atoms with Crippen LogP contribution in [0.25, 0.3) is 0 Å². The third kappa shape index (κ3) is 14.9. The second kappa shape index (κ2) is 16.4. The average Bonchev–Trinajstić information content (AvgIpc) is 2.55. The Labute approximate surface area is 154 Å². The van der Waals surface area contributed by atoms with Gasteiger partial charge in [0.25, 0.3) is 0 Å². The molecule has 0 fully saturated rings. The fraction of sp³-hybridized carbons (Fsp3) is 0.905. The molecule has 1 atom stereocenters. The van der Waals surface area contributed by atoms with E-state index < -0.39 is 17.9 Å². The van der Waals surface area contributed by atoms with E-state index in [4.69, 9.17) is 9.84 Å². The van der Waals surface area contributed by atoms with Crippen molar-refractivity contribution in [3.63, 3.8) is 0 Å². The van der Waals surface area contributed by atoms with Gasteiger partial charge in [-0.05, 0) is 18.8 Å². The fourth-order valence-corrected chi connectivity index (χ4v) is 2.92. The van der Waals surface area contributed by atoms with E-state index in [9.17, 15) is 9.59 Å². The SMILES string of the molecule is CCCCC(C(=O)O)C(=O)OCCCCCCCCCCCC(C)C. The molecule has 0 heterocycles. The van der Waals surface area contributed by atoms with Crippen molar-refractivity contribution in [2.45, 2.75) is 104 Å². The van der Waals surface area contributed by atoms with Gasteiger partial charge in [0.2, 0.25) is 0 Å². The highest BCUT2D eigenvalue weighted by Gasteiger charge is 2.26. The molecule has 4 nitrogen and oxygen atoms in total. The Morgan fingerprint density at radius 2 is 1.32 bits per heavy atom. The van der Waals surface area contributed by atoms with E-state index in [1.165, 1.54) is 51.4 Å². The van der Waals surface area contributed by atoms with Crippen molar-refractivity contribution < 1.29 is 19.4 Å². The molecule has 0 aromatic rings. The molecule has 0 aromatic carbocycles. The highest BCUT2D eigenvalue weighted by Crippen LogP contribution is 2.14. The summed E-state index contributed by atoms with van der Waals surface area (Å²) >= 11 is 0. The maximum absolute atomic E-state index is 11.8. The van der Waals surface area contributed by atoms with Crippen molar-refractivity contribution >= 4 is 11.9 Å². The van der Waals surface area contributed by atoms with Gasteiger partial charge in [0.1, 0.15) is 0 Å². The molecule has 0 rings (SSSR count). The Morgan fingerprint density at radius 1 is 0.800 bits per heavy atom. The Morgan fingerprint density at radius 3 is 1.80 bits per heavy atom. The lowest BCUT2D eigenvalue weighted by atomic mass is 10.0. The van der Waals surface area contributed by atoms with Gasteiger partial charge >= 0.3 is 11.9 Å². The summed E-state index contributed by atoms with van der Waals surface area (Å²) in [5.41, 5.74) is 0. The molecule has 25 heavy (non-hydrogen) atoms. The average molecular weight is 357 g/mol. The summed E-state index contributed by atoms with van der Waals surface area (Å²) < 4.78 is 5.13. The lowest BCUT2D eigenvalue weighted by Gasteiger charge is -2.11. The summed E-state index contributed by atoms with van der Waals surface area (Å²) in [6, 6.07) is 0. The minimum Gasteiger partial charge on any atom is -0.481 e. The molecule has 0 aromatic heterocycles. The van der Waals surface area contributed by atoms with Gasteiger partial charge in [0.15, 0.2) is 5.92 Å². The summed E-state index contributed by atoms with van der Waals surface area (Å²) in [6.45, 7) is 6.90. The smallest absolute Gasteiger partial charge is 0.320 e. The second-order valence-electron chi connectivity index (χ2n) is 7.57. The number of ether oxygens (including phenoxy) is 1. The molecule has 4 heteroatoms. The predicted molar refractivity (Wildman–Crippen MR) is 103 cm³/mol.